The van der Waals surface area contributed by atoms with Gasteiger partial charge >= 0.3 is 0 Å². The normalized spacial score (nSPS) is 24.1. The molecule has 1 unspecified atom stereocenters. The zero-order valence-corrected chi connectivity index (χ0v) is 12.9. The van der Waals surface area contributed by atoms with E-state index in [0.29, 0.717) is 5.76 Å². The van der Waals surface area contributed by atoms with Gasteiger partial charge in [-0.05, 0) is 42.7 Å². The number of carbonyl (C=O) groups excluding carboxylic acids is 1. The van der Waals surface area contributed by atoms with Gasteiger partial charge in [0.05, 0.1) is 6.26 Å². The Labute approximate surface area is 134 Å². The van der Waals surface area contributed by atoms with Crippen molar-refractivity contribution in [1.29, 1.82) is 0 Å². The van der Waals surface area contributed by atoms with Gasteiger partial charge in [-0.2, -0.15) is 0 Å². The van der Waals surface area contributed by atoms with Gasteiger partial charge in [0.1, 0.15) is 5.82 Å². The lowest BCUT2D eigenvalue weighted by Crippen LogP contribution is -2.60. The van der Waals surface area contributed by atoms with Crippen LogP contribution in [0.15, 0.2) is 47.1 Å². The number of rotatable bonds is 3. The Kier molecular flexibility index (Phi) is 3.45. The van der Waals surface area contributed by atoms with Crippen LogP contribution in [0.4, 0.5) is 4.39 Å². The highest BCUT2D eigenvalue weighted by atomic mass is 19.1. The molecule has 0 N–H and O–H groups in total. The molecule has 120 valence electrons. The second-order valence-electron chi connectivity index (χ2n) is 6.48. The average Bonchev–Trinajstić information content (AvgIpc) is 3.23. The van der Waals surface area contributed by atoms with Crippen molar-refractivity contribution in [1.82, 2.24) is 9.80 Å². The summed E-state index contributed by atoms with van der Waals surface area (Å²) in [5, 5.41) is 0. The number of hydrogen-bond acceptors (Lipinski definition) is 3. The van der Waals surface area contributed by atoms with Crippen LogP contribution in [0.5, 0.6) is 0 Å². The van der Waals surface area contributed by atoms with Crippen molar-refractivity contribution in [3.63, 3.8) is 0 Å². The van der Waals surface area contributed by atoms with E-state index in [1.807, 2.05) is 17.0 Å². The predicted octanol–water partition coefficient (Wildman–Crippen LogP) is 2.91. The first-order valence-corrected chi connectivity index (χ1v) is 7.99. The Hall–Kier alpha value is -2.14. The summed E-state index contributed by atoms with van der Waals surface area (Å²) in [6.07, 6.45) is 3.63. The summed E-state index contributed by atoms with van der Waals surface area (Å²) < 4.78 is 18.2. The second kappa shape index (κ2) is 5.49. The molecule has 1 aromatic carbocycles. The number of nitrogens with zero attached hydrogens (tertiary/aromatic N) is 2. The zero-order valence-electron chi connectivity index (χ0n) is 12.9. The highest BCUT2D eigenvalue weighted by molar-refractivity contribution is 5.91. The number of halogens is 1. The van der Waals surface area contributed by atoms with E-state index in [2.05, 4.69) is 4.90 Å². The maximum atomic E-state index is 13.0. The molecular formula is C18H19FN2O2. The van der Waals surface area contributed by atoms with Crippen LogP contribution in [-0.4, -0.2) is 40.9 Å². The standard InChI is InChI=1S/C18H19FN2O2/c19-15-5-3-14(4-6-15)12-21-10-8-18(21)7-9-20(13-18)17(22)16-2-1-11-23-16/h1-6,11H,7-10,12-13H2. The molecular weight excluding hydrogens is 295 g/mol. The van der Waals surface area contributed by atoms with Crippen molar-refractivity contribution in [2.45, 2.75) is 24.9 Å². The highest BCUT2D eigenvalue weighted by Crippen LogP contribution is 2.40. The second-order valence-corrected chi connectivity index (χ2v) is 6.48. The first-order valence-electron chi connectivity index (χ1n) is 7.99. The van der Waals surface area contributed by atoms with Crippen LogP contribution in [-0.2, 0) is 6.54 Å². The smallest absolute Gasteiger partial charge is 0.289 e. The molecule has 0 aliphatic carbocycles. The minimum atomic E-state index is -0.205. The molecule has 4 rings (SSSR count). The fourth-order valence-corrected chi connectivity index (χ4v) is 3.69. The third-order valence-electron chi connectivity index (χ3n) is 5.16. The van der Waals surface area contributed by atoms with E-state index in [1.54, 1.807) is 12.1 Å². The SMILES string of the molecule is O=C(c1ccco1)N1CCC2(CCN2Cc2ccc(F)cc2)C1. The molecule has 2 saturated heterocycles. The summed E-state index contributed by atoms with van der Waals surface area (Å²) in [6.45, 7) is 3.34. The van der Waals surface area contributed by atoms with Crippen molar-refractivity contribution < 1.29 is 13.6 Å². The third kappa shape index (κ3) is 2.55. The van der Waals surface area contributed by atoms with Crippen molar-refractivity contribution in [3.05, 3.63) is 59.8 Å². The van der Waals surface area contributed by atoms with E-state index in [1.165, 1.54) is 18.4 Å². The minimum Gasteiger partial charge on any atom is -0.459 e. The van der Waals surface area contributed by atoms with Crippen LogP contribution in [0, 0.1) is 5.82 Å². The van der Waals surface area contributed by atoms with Gasteiger partial charge in [-0.15, -0.1) is 0 Å². The maximum Gasteiger partial charge on any atom is 0.289 e. The topological polar surface area (TPSA) is 36.7 Å². The van der Waals surface area contributed by atoms with Crippen LogP contribution in [0.1, 0.15) is 29.0 Å². The molecule has 2 aromatic rings. The van der Waals surface area contributed by atoms with Crippen LogP contribution in [0.2, 0.25) is 0 Å². The summed E-state index contributed by atoms with van der Waals surface area (Å²) in [5.41, 5.74) is 1.19. The van der Waals surface area contributed by atoms with Crippen LogP contribution < -0.4 is 0 Å². The lowest BCUT2D eigenvalue weighted by atomic mass is 9.83. The fourth-order valence-electron chi connectivity index (χ4n) is 3.69. The molecule has 2 aliphatic heterocycles. The average molecular weight is 314 g/mol. The molecule has 1 atom stereocenters. The highest BCUT2D eigenvalue weighted by Gasteiger charge is 2.50. The summed E-state index contributed by atoms with van der Waals surface area (Å²) in [5.74, 6) is 0.176. The Morgan fingerprint density at radius 3 is 2.61 bits per heavy atom. The molecule has 1 aromatic heterocycles. The number of amides is 1. The Balaban J connectivity index is 1.43. The van der Waals surface area contributed by atoms with Gasteiger partial charge in [-0.3, -0.25) is 9.69 Å². The van der Waals surface area contributed by atoms with Gasteiger partial charge in [0.25, 0.3) is 5.91 Å². The van der Waals surface area contributed by atoms with Crippen molar-refractivity contribution in [3.8, 4) is 0 Å². The van der Waals surface area contributed by atoms with E-state index in [-0.39, 0.29) is 17.3 Å². The molecule has 3 heterocycles. The molecule has 0 saturated carbocycles. The van der Waals surface area contributed by atoms with Gasteiger partial charge in [0.15, 0.2) is 5.76 Å². The number of likely N-dealkylation sites (tertiary alicyclic amines) is 2. The van der Waals surface area contributed by atoms with Gasteiger partial charge in [0.2, 0.25) is 0 Å². The summed E-state index contributed by atoms with van der Waals surface area (Å²) in [4.78, 5) is 16.7. The molecule has 1 amide bonds. The maximum absolute atomic E-state index is 13.0. The molecule has 2 fully saturated rings. The number of benzene rings is 1. The van der Waals surface area contributed by atoms with E-state index in [4.69, 9.17) is 4.42 Å². The van der Waals surface area contributed by atoms with Crippen molar-refractivity contribution >= 4 is 5.91 Å². The van der Waals surface area contributed by atoms with E-state index < -0.39 is 0 Å². The molecule has 0 radical (unpaired) electrons. The van der Waals surface area contributed by atoms with Crippen molar-refractivity contribution in [2.75, 3.05) is 19.6 Å². The van der Waals surface area contributed by atoms with Gasteiger partial charge in [-0.1, -0.05) is 12.1 Å². The first-order chi connectivity index (χ1) is 11.2. The van der Waals surface area contributed by atoms with E-state index in [9.17, 15) is 9.18 Å². The first kappa shape index (κ1) is 14.5. The van der Waals surface area contributed by atoms with E-state index >= 15 is 0 Å². The molecule has 0 bridgehead atoms. The number of hydrogen-bond donors (Lipinski definition) is 0. The quantitative estimate of drug-likeness (QED) is 0.874. The van der Waals surface area contributed by atoms with Crippen LogP contribution >= 0.6 is 0 Å². The molecule has 2 aliphatic rings. The molecule has 23 heavy (non-hydrogen) atoms. The van der Waals surface area contributed by atoms with E-state index in [0.717, 1.165) is 44.6 Å². The Morgan fingerprint density at radius 2 is 1.96 bits per heavy atom. The summed E-state index contributed by atoms with van der Waals surface area (Å²) in [6, 6.07) is 10.1. The number of carbonyl (C=O) groups is 1. The summed E-state index contributed by atoms with van der Waals surface area (Å²) >= 11 is 0. The molecule has 4 nitrogen and oxygen atoms in total. The Bertz CT molecular complexity index is 698. The molecule has 5 heteroatoms. The largest absolute Gasteiger partial charge is 0.459 e. The monoisotopic (exact) mass is 314 g/mol. The van der Waals surface area contributed by atoms with Gasteiger partial charge < -0.3 is 9.32 Å². The fraction of sp³-hybridized carbons (Fsp3) is 0.389. The molecule has 1 spiro atoms. The third-order valence-corrected chi connectivity index (χ3v) is 5.16. The summed E-state index contributed by atoms with van der Waals surface area (Å²) in [7, 11) is 0. The lowest BCUT2D eigenvalue weighted by molar-refractivity contribution is -0.0133. The van der Waals surface area contributed by atoms with Gasteiger partial charge in [0, 0.05) is 31.7 Å². The minimum absolute atomic E-state index is 0.0273. The lowest BCUT2D eigenvalue weighted by Gasteiger charge is -2.50. The van der Waals surface area contributed by atoms with Crippen LogP contribution in [0.3, 0.4) is 0 Å². The number of furan rings is 1. The predicted molar refractivity (Wildman–Crippen MR) is 83.4 cm³/mol. The van der Waals surface area contributed by atoms with Gasteiger partial charge in [-0.25, -0.2) is 4.39 Å². The zero-order chi connectivity index (χ0) is 15.9. The van der Waals surface area contributed by atoms with Crippen LogP contribution in [0.25, 0.3) is 0 Å². The van der Waals surface area contributed by atoms with Crippen molar-refractivity contribution in [2.24, 2.45) is 0 Å². The Morgan fingerprint density at radius 1 is 1.17 bits per heavy atom.